The van der Waals surface area contributed by atoms with Gasteiger partial charge in [-0.1, -0.05) is 0 Å². The van der Waals surface area contributed by atoms with Crippen LogP contribution in [0.15, 0.2) is 18.2 Å². The van der Waals surface area contributed by atoms with Crippen LogP contribution in [0.25, 0.3) is 0 Å². The van der Waals surface area contributed by atoms with Crippen molar-refractivity contribution in [2.24, 2.45) is 5.73 Å². The Kier molecular flexibility index (Phi) is 5.06. The number of halogens is 1. The number of hydrogen-bond acceptors (Lipinski definition) is 3. The summed E-state index contributed by atoms with van der Waals surface area (Å²) in [5.74, 6) is -0.869. The van der Waals surface area contributed by atoms with E-state index in [9.17, 15) is 9.18 Å². The fourth-order valence-electron chi connectivity index (χ4n) is 1.39. The van der Waals surface area contributed by atoms with Gasteiger partial charge in [-0.05, 0) is 32.3 Å². The number of amides is 1. The average Bonchev–Trinajstić information content (AvgIpc) is 2.25. The topological polar surface area (TPSA) is 58.4 Å². The Labute approximate surface area is 101 Å². The molecule has 0 atom stereocenters. The molecule has 0 bridgehead atoms. The van der Waals surface area contributed by atoms with E-state index in [1.165, 1.54) is 18.2 Å². The molecule has 5 heteroatoms. The molecule has 1 aromatic carbocycles. The molecule has 0 unspecified atom stereocenters. The van der Waals surface area contributed by atoms with E-state index in [4.69, 9.17) is 5.73 Å². The van der Waals surface area contributed by atoms with Crippen LogP contribution in [0.2, 0.25) is 0 Å². The summed E-state index contributed by atoms with van der Waals surface area (Å²) >= 11 is 0. The molecule has 1 amide bonds. The normalized spacial score (nSPS) is 10.8. The molecular weight excluding hydrogens is 221 g/mol. The highest BCUT2D eigenvalue weighted by Gasteiger charge is 2.06. The summed E-state index contributed by atoms with van der Waals surface area (Å²) in [6.45, 7) is 2.02. The number of primary amides is 1. The number of likely N-dealkylation sites (N-methyl/N-ethyl adjacent to an activating group) is 1. The van der Waals surface area contributed by atoms with E-state index in [0.717, 1.165) is 13.1 Å². The first-order valence-corrected chi connectivity index (χ1v) is 5.44. The molecule has 0 aromatic heterocycles. The van der Waals surface area contributed by atoms with Crippen molar-refractivity contribution in [3.8, 4) is 0 Å². The van der Waals surface area contributed by atoms with Gasteiger partial charge in [-0.2, -0.15) is 0 Å². The molecule has 0 fully saturated rings. The number of hydrogen-bond donors (Lipinski definition) is 2. The summed E-state index contributed by atoms with van der Waals surface area (Å²) in [5.41, 5.74) is 5.93. The second-order valence-electron chi connectivity index (χ2n) is 4.15. The summed E-state index contributed by atoms with van der Waals surface area (Å²) in [7, 11) is 3.94. The van der Waals surface area contributed by atoms with Gasteiger partial charge in [-0.3, -0.25) is 4.79 Å². The molecule has 0 spiro atoms. The first-order chi connectivity index (χ1) is 8.00. The van der Waals surface area contributed by atoms with E-state index in [1.54, 1.807) is 0 Å². The Morgan fingerprint density at radius 1 is 1.47 bits per heavy atom. The molecule has 0 saturated heterocycles. The lowest BCUT2D eigenvalue weighted by atomic mass is 10.1. The molecule has 1 rings (SSSR count). The summed E-state index contributed by atoms with van der Waals surface area (Å²) in [6, 6.07) is 4.14. The van der Waals surface area contributed by atoms with Crippen LogP contribution >= 0.6 is 0 Å². The number of nitrogens with zero attached hydrogens (tertiary/aromatic N) is 1. The maximum Gasteiger partial charge on any atom is 0.248 e. The monoisotopic (exact) mass is 239 g/mol. The minimum Gasteiger partial charge on any atom is -0.366 e. The Hall–Kier alpha value is -1.46. The fraction of sp³-hybridized carbons (Fsp3) is 0.417. The van der Waals surface area contributed by atoms with Crippen LogP contribution in [0.5, 0.6) is 0 Å². The van der Waals surface area contributed by atoms with Crippen LogP contribution in [-0.4, -0.2) is 38.0 Å². The van der Waals surface area contributed by atoms with Crippen molar-refractivity contribution in [3.05, 3.63) is 35.1 Å². The van der Waals surface area contributed by atoms with E-state index >= 15 is 0 Å². The third-order valence-electron chi connectivity index (χ3n) is 2.38. The van der Waals surface area contributed by atoms with Gasteiger partial charge in [0.2, 0.25) is 5.91 Å². The first-order valence-electron chi connectivity index (χ1n) is 5.44. The summed E-state index contributed by atoms with van der Waals surface area (Å²) < 4.78 is 13.4. The Morgan fingerprint density at radius 2 is 2.18 bits per heavy atom. The lowest BCUT2D eigenvalue weighted by Crippen LogP contribution is -2.26. The second kappa shape index (κ2) is 6.32. The van der Waals surface area contributed by atoms with Gasteiger partial charge in [0.1, 0.15) is 5.82 Å². The molecule has 0 saturated carbocycles. The SMILES string of the molecule is CN(C)CCNCc1cc(C(N)=O)ccc1F. The quantitative estimate of drug-likeness (QED) is 0.714. The molecule has 3 N–H and O–H groups in total. The Bertz CT molecular complexity index is 393. The zero-order valence-electron chi connectivity index (χ0n) is 10.2. The van der Waals surface area contributed by atoms with Crippen molar-refractivity contribution in [1.29, 1.82) is 0 Å². The smallest absolute Gasteiger partial charge is 0.248 e. The number of nitrogens with two attached hydrogens (primary N) is 1. The highest BCUT2D eigenvalue weighted by Crippen LogP contribution is 2.10. The average molecular weight is 239 g/mol. The molecule has 17 heavy (non-hydrogen) atoms. The fourth-order valence-corrected chi connectivity index (χ4v) is 1.39. The van der Waals surface area contributed by atoms with Gasteiger partial charge in [-0.15, -0.1) is 0 Å². The predicted octanol–water partition coefficient (Wildman–Crippen LogP) is 0.576. The maximum atomic E-state index is 13.4. The zero-order valence-corrected chi connectivity index (χ0v) is 10.2. The zero-order chi connectivity index (χ0) is 12.8. The largest absolute Gasteiger partial charge is 0.366 e. The number of rotatable bonds is 6. The lowest BCUT2D eigenvalue weighted by Gasteiger charge is -2.11. The molecule has 1 aromatic rings. The van der Waals surface area contributed by atoms with E-state index in [-0.39, 0.29) is 5.82 Å². The summed E-state index contributed by atoms with van der Waals surface area (Å²) in [4.78, 5) is 13.0. The van der Waals surface area contributed by atoms with Crippen LogP contribution in [0.3, 0.4) is 0 Å². The lowest BCUT2D eigenvalue weighted by molar-refractivity contribution is 0.1000. The van der Waals surface area contributed by atoms with Crippen molar-refractivity contribution in [3.63, 3.8) is 0 Å². The standard InChI is InChI=1S/C12H18FN3O/c1-16(2)6-5-15-8-10-7-9(12(14)17)3-4-11(10)13/h3-4,7,15H,5-6,8H2,1-2H3,(H2,14,17). The Balaban J connectivity index is 2.57. The summed E-state index contributed by atoms with van der Waals surface area (Å²) in [5, 5.41) is 3.11. The van der Waals surface area contributed by atoms with Gasteiger partial charge in [0.25, 0.3) is 0 Å². The Morgan fingerprint density at radius 3 is 2.76 bits per heavy atom. The minimum atomic E-state index is -0.542. The third kappa shape index (κ3) is 4.50. The van der Waals surface area contributed by atoms with Crippen LogP contribution < -0.4 is 11.1 Å². The van der Waals surface area contributed by atoms with Crippen molar-refractivity contribution >= 4 is 5.91 Å². The van der Waals surface area contributed by atoms with Crippen LogP contribution in [0, 0.1) is 5.82 Å². The number of nitrogens with one attached hydrogen (secondary N) is 1. The van der Waals surface area contributed by atoms with E-state index in [1.807, 2.05) is 19.0 Å². The van der Waals surface area contributed by atoms with E-state index in [2.05, 4.69) is 5.32 Å². The molecule has 0 aliphatic carbocycles. The first kappa shape index (κ1) is 13.6. The van der Waals surface area contributed by atoms with Crippen molar-refractivity contribution in [2.75, 3.05) is 27.2 Å². The van der Waals surface area contributed by atoms with Crippen LogP contribution in [0.1, 0.15) is 15.9 Å². The van der Waals surface area contributed by atoms with Gasteiger partial charge in [0.15, 0.2) is 0 Å². The van der Waals surface area contributed by atoms with Crippen molar-refractivity contribution < 1.29 is 9.18 Å². The molecular formula is C12H18FN3O. The van der Waals surface area contributed by atoms with Crippen molar-refractivity contribution in [1.82, 2.24) is 10.2 Å². The van der Waals surface area contributed by atoms with Gasteiger partial charge in [-0.25, -0.2) is 4.39 Å². The number of carbonyl (C=O) groups is 1. The molecule has 94 valence electrons. The third-order valence-corrected chi connectivity index (χ3v) is 2.38. The number of benzene rings is 1. The molecule has 0 aliphatic rings. The molecule has 0 aliphatic heterocycles. The van der Waals surface area contributed by atoms with Crippen molar-refractivity contribution in [2.45, 2.75) is 6.54 Å². The van der Waals surface area contributed by atoms with Crippen LogP contribution in [-0.2, 0) is 6.54 Å². The number of carbonyl (C=O) groups excluding carboxylic acids is 1. The van der Waals surface area contributed by atoms with E-state index in [0.29, 0.717) is 17.7 Å². The van der Waals surface area contributed by atoms with Gasteiger partial charge < -0.3 is 16.0 Å². The molecule has 0 radical (unpaired) electrons. The summed E-state index contributed by atoms with van der Waals surface area (Å²) in [6.07, 6.45) is 0. The molecule has 4 nitrogen and oxygen atoms in total. The highest BCUT2D eigenvalue weighted by molar-refractivity contribution is 5.92. The predicted molar refractivity (Wildman–Crippen MR) is 65.2 cm³/mol. The van der Waals surface area contributed by atoms with Gasteiger partial charge in [0.05, 0.1) is 0 Å². The maximum absolute atomic E-state index is 13.4. The van der Waals surface area contributed by atoms with Gasteiger partial charge in [0, 0.05) is 30.8 Å². The second-order valence-corrected chi connectivity index (χ2v) is 4.15. The highest BCUT2D eigenvalue weighted by atomic mass is 19.1. The molecule has 0 heterocycles. The van der Waals surface area contributed by atoms with E-state index < -0.39 is 5.91 Å². The van der Waals surface area contributed by atoms with Crippen LogP contribution in [0.4, 0.5) is 4.39 Å². The minimum absolute atomic E-state index is 0.327. The van der Waals surface area contributed by atoms with Gasteiger partial charge >= 0.3 is 0 Å².